The largest absolute Gasteiger partial charge is 0.331 e. The van der Waals surface area contributed by atoms with Crippen LogP contribution in [0.4, 0.5) is 5.69 Å². The molecular weight excluding hydrogens is 354 g/mol. The van der Waals surface area contributed by atoms with Gasteiger partial charge in [-0.1, -0.05) is 6.07 Å². The van der Waals surface area contributed by atoms with Gasteiger partial charge in [-0.05, 0) is 67.2 Å². The lowest BCUT2D eigenvalue weighted by atomic mass is 10.1. The first kappa shape index (κ1) is 17.6. The van der Waals surface area contributed by atoms with E-state index in [4.69, 9.17) is 12.2 Å². The Kier molecular flexibility index (Phi) is 5.15. The van der Waals surface area contributed by atoms with Crippen LogP contribution in [0.2, 0.25) is 0 Å². The Morgan fingerprint density at radius 3 is 2.84 bits per heavy atom. The molecule has 0 radical (unpaired) electrons. The summed E-state index contributed by atoms with van der Waals surface area (Å²) >= 11 is 6.65. The number of H-pyrrole nitrogens is 1. The molecule has 0 bridgehead atoms. The summed E-state index contributed by atoms with van der Waals surface area (Å²) in [5.74, 6) is -0.0663. The third-order valence-electron chi connectivity index (χ3n) is 4.17. The zero-order valence-corrected chi connectivity index (χ0v) is 15.7. The average molecular weight is 374 g/mol. The Morgan fingerprint density at radius 1 is 1.28 bits per heavy atom. The van der Waals surface area contributed by atoms with Crippen LogP contribution in [-0.2, 0) is 11.3 Å². The van der Waals surface area contributed by atoms with E-state index in [-0.39, 0.29) is 11.5 Å². The number of nitrogens with one attached hydrogen (secondary N) is 2. The number of fused-ring (bicyclic) bond motifs is 1. The standard InChI is InChI=1S/C18H19N3O2S2/c1-11-5-6-13(10-12(11)2)19-15(22)4-3-8-21-17(23)16-14(7-9-25-16)20-18(21)24/h5-7,9-10H,3-4,8H2,1-2H3,(H,19,22)(H,20,24). The number of aryl methyl sites for hydroxylation is 2. The van der Waals surface area contributed by atoms with Crippen molar-refractivity contribution in [1.82, 2.24) is 9.55 Å². The number of benzene rings is 1. The SMILES string of the molecule is Cc1ccc(NC(=O)CCCn2c(=S)[nH]c3ccsc3c2=O)cc1C. The highest BCUT2D eigenvalue weighted by Crippen LogP contribution is 2.15. The first-order valence-corrected chi connectivity index (χ1v) is 9.32. The van der Waals surface area contributed by atoms with E-state index in [1.807, 2.05) is 43.5 Å². The van der Waals surface area contributed by atoms with Crippen molar-refractivity contribution in [2.45, 2.75) is 33.2 Å². The second kappa shape index (κ2) is 7.33. The molecule has 25 heavy (non-hydrogen) atoms. The molecule has 2 aromatic heterocycles. The molecule has 2 N–H and O–H groups in total. The molecule has 0 atom stereocenters. The van der Waals surface area contributed by atoms with E-state index in [9.17, 15) is 9.59 Å². The maximum atomic E-state index is 12.4. The minimum absolute atomic E-state index is 0.0663. The van der Waals surface area contributed by atoms with Crippen molar-refractivity contribution in [3.63, 3.8) is 0 Å². The molecule has 0 unspecified atom stereocenters. The van der Waals surface area contributed by atoms with E-state index < -0.39 is 0 Å². The molecule has 0 aliphatic heterocycles. The molecule has 3 rings (SSSR count). The number of thiophene rings is 1. The quantitative estimate of drug-likeness (QED) is 0.660. The summed E-state index contributed by atoms with van der Waals surface area (Å²) in [6.45, 7) is 4.47. The highest BCUT2D eigenvalue weighted by atomic mass is 32.1. The van der Waals surface area contributed by atoms with Crippen LogP contribution in [0.1, 0.15) is 24.0 Å². The third kappa shape index (κ3) is 3.88. The smallest absolute Gasteiger partial charge is 0.272 e. The van der Waals surface area contributed by atoms with E-state index in [2.05, 4.69) is 10.3 Å². The summed E-state index contributed by atoms with van der Waals surface area (Å²) < 4.78 is 2.58. The van der Waals surface area contributed by atoms with Gasteiger partial charge in [0.1, 0.15) is 4.70 Å². The van der Waals surface area contributed by atoms with Gasteiger partial charge in [-0.15, -0.1) is 11.3 Å². The average Bonchev–Trinajstić information content (AvgIpc) is 3.02. The Bertz CT molecular complexity index is 1050. The van der Waals surface area contributed by atoms with E-state index in [0.29, 0.717) is 28.9 Å². The maximum Gasteiger partial charge on any atom is 0.272 e. The van der Waals surface area contributed by atoms with Gasteiger partial charge in [-0.3, -0.25) is 14.2 Å². The second-order valence-electron chi connectivity index (χ2n) is 6.00. The van der Waals surface area contributed by atoms with Crippen LogP contribution in [-0.4, -0.2) is 15.5 Å². The molecule has 0 fully saturated rings. The first-order chi connectivity index (χ1) is 12.0. The van der Waals surface area contributed by atoms with Crippen LogP contribution < -0.4 is 10.9 Å². The van der Waals surface area contributed by atoms with E-state index in [1.54, 1.807) is 0 Å². The van der Waals surface area contributed by atoms with Gasteiger partial charge in [-0.25, -0.2) is 0 Å². The van der Waals surface area contributed by atoms with Crippen LogP contribution in [0.15, 0.2) is 34.4 Å². The van der Waals surface area contributed by atoms with Gasteiger partial charge in [0, 0.05) is 18.7 Å². The van der Waals surface area contributed by atoms with Gasteiger partial charge in [0.25, 0.3) is 5.56 Å². The predicted octanol–water partition coefficient (Wildman–Crippen LogP) is 4.16. The minimum Gasteiger partial charge on any atom is -0.331 e. The number of hydrogen-bond donors (Lipinski definition) is 2. The zero-order valence-electron chi connectivity index (χ0n) is 14.1. The third-order valence-corrected chi connectivity index (χ3v) is 5.39. The molecule has 3 aromatic rings. The molecule has 2 heterocycles. The van der Waals surface area contributed by atoms with Gasteiger partial charge >= 0.3 is 0 Å². The fraction of sp³-hybridized carbons (Fsp3) is 0.278. The molecule has 1 aromatic carbocycles. The van der Waals surface area contributed by atoms with Crippen molar-refractivity contribution in [2.24, 2.45) is 0 Å². The number of aromatic nitrogens is 2. The number of nitrogens with zero attached hydrogens (tertiary/aromatic N) is 1. The van der Waals surface area contributed by atoms with Crippen molar-refractivity contribution in [2.75, 3.05) is 5.32 Å². The molecular formula is C18H19N3O2S2. The maximum absolute atomic E-state index is 12.4. The predicted molar refractivity (Wildman–Crippen MR) is 105 cm³/mol. The topological polar surface area (TPSA) is 66.9 Å². The summed E-state index contributed by atoms with van der Waals surface area (Å²) in [6, 6.07) is 7.68. The lowest BCUT2D eigenvalue weighted by molar-refractivity contribution is -0.116. The number of hydrogen-bond acceptors (Lipinski definition) is 4. The zero-order chi connectivity index (χ0) is 18.0. The Hall–Kier alpha value is -2.25. The number of carbonyl (C=O) groups is 1. The molecule has 7 heteroatoms. The van der Waals surface area contributed by atoms with Crippen LogP contribution in [0, 0.1) is 18.6 Å². The molecule has 5 nitrogen and oxygen atoms in total. The van der Waals surface area contributed by atoms with Crippen LogP contribution in [0.3, 0.4) is 0 Å². The Balaban J connectivity index is 1.63. The van der Waals surface area contributed by atoms with Crippen molar-refractivity contribution < 1.29 is 4.79 Å². The van der Waals surface area contributed by atoms with Crippen molar-refractivity contribution in [3.05, 3.63) is 55.9 Å². The number of anilines is 1. The van der Waals surface area contributed by atoms with Crippen LogP contribution in [0.25, 0.3) is 10.2 Å². The summed E-state index contributed by atoms with van der Waals surface area (Å²) in [7, 11) is 0. The van der Waals surface area contributed by atoms with Crippen LogP contribution >= 0.6 is 23.6 Å². The minimum atomic E-state index is -0.0942. The van der Waals surface area contributed by atoms with Gasteiger partial charge < -0.3 is 10.3 Å². The first-order valence-electron chi connectivity index (χ1n) is 8.03. The number of aromatic amines is 1. The van der Waals surface area contributed by atoms with Crippen molar-refractivity contribution in [3.8, 4) is 0 Å². The lowest BCUT2D eigenvalue weighted by Gasteiger charge is -2.09. The molecule has 1 amide bonds. The number of amides is 1. The van der Waals surface area contributed by atoms with E-state index >= 15 is 0 Å². The number of rotatable bonds is 5. The fourth-order valence-corrected chi connectivity index (χ4v) is 3.70. The summed E-state index contributed by atoms with van der Waals surface area (Å²) in [5, 5.41) is 4.75. The van der Waals surface area contributed by atoms with E-state index in [1.165, 1.54) is 21.5 Å². The normalized spacial score (nSPS) is 11.0. The molecule has 130 valence electrons. The van der Waals surface area contributed by atoms with Crippen molar-refractivity contribution >= 4 is 45.4 Å². The Morgan fingerprint density at radius 2 is 2.08 bits per heavy atom. The van der Waals surface area contributed by atoms with Gasteiger partial charge in [-0.2, -0.15) is 0 Å². The van der Waals surface area contributed by atoms with E-state index in [0.717, 1.165) is 16.8 Å². The molecule has 0 saturated heterocycles. The van der Waals surface area contributed by atoms with Gasteiger partial charge in [0.05, 0.1) is 5.52 Å². The molecule has 0 aliphatic carbocycles. The summed E-state index contributed by atoms with van der Waals surface area (Å²) in [6.07, 6.45) is 0.877. The second-order valence-corrected chi connectivity index (χ2v) is 7.30. The molecule has 0 aliphatic rings. The van der Waals surface area contributed by atoms with Gasteiger partial charge in [0.15, 0.2) is 4.77 Å². The lowest BCUT2D eigenvalue weighted by Crippen LogP contribution is -2.22. The van der Waals surface area contributed by atoms with Crippen molar-refractivity contribution in [1.29, 1.82) is 0 Å². The molecule has 0 spiro atoms. The molecule has 0 saturated carbocycles. The number of carbonyl (C=O) groups excluding carboxylic acids is 1. The van der Waals surface area contributed by atoms with Gasteiger partial charge in [0.2, 0.25) is 5.91 Å². The monoisotopic (exact) mass is 373 g/mol. The summed E-state index contributed by atoms with van der Waals surface area (Å²) in [4.78, 5) is 27.6. The summed E-state index contributed by atoms with van der Waals surface area (Å²) in [5.41, 5.74) is 3.80. The Labute approximate surface area is 154 Å². The fourth-order valence-electron chi connectivity index (χ4n) is 2.61. The highest BCUT2D eigenvalue weighted by molar-refractivity contribution is 7.71. The van der Waals surface area contributed by atoms with Crippen LogP contribution in [0.5, 0.6) is 0 Å². The highest BCUT2D eigenvalue weighted by Gasteiger charge is 2.08.